The van der Waals surface area contributed by atoms with E-state index in [0.29, 0.717) is 6.04 Å². The molecular formula is C13H19FN2. The number of nitrogens with two attached hydrogens (primary N) is 1. The van der Waals surface area contributed by atoms with Crippen molar-refractivity contribution in [2.24, 2.45) is 5.73 Å². The summed E-state index contributed by atoms with van der Waals surface area (Å²) in [5, 5.41) is 3.43. The molecular weight excluding hydrogens is 203 g/mol. The molecule has 1 aliphatic rings. The van der Waals surface area contributed by atoms with Crippen molar-refractivity contribution in [3.05, 3.63) is 29.6 Å². The van der Waals surface area contributed by atoms with Crippen molar-refractivity contribution in [1.82, 2.24) is 0 Å². The molecule has 1 fully saturated rings. The molecule has 1 aromatic rings. The van der Waals surface area contributed by atoms with Gasteiger partial charge in [-0.25, -0.2) is 4.39 Å². The van der Waals surface area contributed by atoms with Gasteiger partial charge in [0.1, 0.15) is 5.82 Å². The average Bonchev–Trinajstić information content (AvgIpc) is 2.25. The summed E-state index contributed by atoms with van der Waals surface area (Å²) < 4.78 is 13.0. The summed E-state index contributed by atoms with van der Waals surface area (Å²) in [4.78, 5) is 0. The Kier molecular flexibility index (Phi) is 3.44. The first-order valence-electron chi connectivity index (χ1n) is 5.95. The molecule has 2 atom stereocenters. The quantitative estimate of drug-likeness (QED) is 0.807. The number of hydrogen-bond acceptors (Lipinski definition) is 2. The number of nitrogens with one attached hydrogen (secondary N) is 1. The number of halogens is 1. The predicted octanol–water partition coefficient (Wildman–Crippen LogP) is 2.82. The van der Waals surface area contributed by atoms with Gasteiger partial charge in [-0.3, -0.25) is 0 Å². The zero-order chi connectivity index (χ0) is 11.5. The lowest BCUT2D eigenvalue weighted by molar-refractivity contribution is 0.404. The third-order valence-electron chi connectivity index (χ3n) is 3.35. The number of aryl methyl sites for hydroxylation is 1. The second-order valence-electron chi connectivity index (χ2n) is 4.66. The van der Waals surface area contributed by atoms with E-state index in [1.807, 2.05) is 6.92 Å². The van der Waals surface area contributed by atoms with Gasteiger partial charge in [-0.2, -0.15) is 0 Å². The van der Waals surface area contributed by atoms with Crippen LogP contribution in [0.1, 0.15) is 31.2 Å². The van der Waals surface area contributed by atoms with Gasteiger partial charge < -0.3 is 11.1 Å². The third kappa shape index (κ3) is 2.53. The highest BCUT2D eigenvalue weighted by molar-refractivity contribution is 5.51. The Morgan fingerprint density at radius 2 is 2.06 bits per heavy atom. The molecule has 1 aliphatic carbocycles. The Morgan fingerprint density at radius 3 is 2.75 bits per heavy atom. The van der Waals surface area contributed by atoms with Crippen LogP contribution >= 0.6 is 0 Å². The first-order valence-corrected chi connectivity index (χ1v) is 5.95. The SMILES string of the molecule is Cc1cc(F)ccc1N[C@@H]1CCCC[C@@H]1N. The Morgan fingerprint density at radius 1 is 1.31 bits per heavy atom. The number of hydrogen-bond donors (Lipinski definition) is 2. The molecule has 3 heteroatoms. The summed E-state index contributed by atoms with van der Waals surface area (Å²) in [6.45, 7) is 1.92. The van der Waals surface area contributed by atoms with Gasteiger partial charge in [0.25, 0.3) is 0 Å². The van der Waals surface area contributed by atoms with E-state index in [1.54, 1.807) is 12.1 Å². The molecule has 0 radical (unpaired) electrons. The van der Waals surface area contributed by atoms with Crippen LogP contribution in [0.2, 0.25) is 0 Å². The highest BCUT2D eigenvalue weighted by atomic mass is 19.1. The molecule has 1 saturated carbocycles. The summed E-state index contributed by atoms with van der Waals surface area (Å²) in [6, 6.07) is 5.39. The molecule has 0 amide bonds. The first kappa shape index (κ1) is 11.4. The zero-order valence-corrected chi connectivity index (χ0v) is 9.67. The summed E-state index contributed by atoms with van der Waals surface area (Å²) in [5.74, 6) is -0.184. The van der Waals surface area contributed by atoms with Crippen LogP contribution in [-0.2, 0) is 0 Å². The van der Waals surface area contributed by atoms with Gasteiger partial charge in [-0.1, -0.05) is 12.8 Å². The van der Waals surface area contributed by atoms with Gasteiger partial charge in [0.05, 0.1) is 0 Å². The first-order chi connectivity index (χ1) is 7.66. The van der Waals surface area contributed by atoms with E-state index in [-0.39, 0.29) is 11.9 Å². The van der Waals surface area contributed by atoms with Crippen molar-refractivity contribution >= 4 is 5.69 Å². The Bertz CT molecular complexity index is 365. The maximum atomic E-state index is 13.0. The average molecular weight is 222 g/mol. The van der Waals surface area contributed by atoms with Gasteiger partial charge in [0, 0.05) is 17.8 Å². The minimum Gasteiger partial charge on any atom is -0.381 e. The maximum absolute atomic E-state index is 13.0. The third-order valence-corrected chi connectivity index (χ3v) is 3.35. The fourth-order valence-corrected chi connectivity index (χ4v) is 2.33. The fraction of sp³-hybridized carbons (Fsp3) is 0.538. The molecule has 0 aliphatic heterocycles. The van der Waals surface area contributed by atoms with Crippen molar-refractivity contribution in [3.63, 3.8) is 0 Å². The second-order valence-corrected chi connectivity index (χ2v) is 4.66. The Balaban J connectivity index is 2.07. The largest absolute Gasteiger partial charge is 0.381 e. The predicted molar refractivity (Wildman–Crippen MR) is 65.0 cm³/mol. The Hall–Kier alpha value is -1.09. The summed E-state index contributed by atoms with van der Waals surface area (Å²) in [7, 11) is 0. The van der Waals surface area contributed by atoms with E-state index in [4.69, 9.17) is 5.73 Å². The van der Waals surface area contributed by atoms with E-state index in [9.17, 15) is 4.39 Å². The lowest BCUT2D eigenvalue weighted by Gasteiger charge is -2.30. The fourth-order valence-electron chi connectivity index (χ4n) is 2.33. The summed E-state index contributed by atoms with van der Waals surface area (Å²) in [5.41, 5.74) is 8.02. The molecule has 0 saturated heterocycles. The van der Waals surface area contributed by atoms with Gasteiger partial charge in [-0.05, 0) is 43.5 Å². The molecule has 3 N–H and O–H groups in total. The monoisotopic (exact) mass is 222 g/mol. The van der Waals surface area contributed by atoms with Gasteiger partial charge in [0.2, 0.25) is 0 Å². The van der Waals surface area contributed by atoms with Crippen LogP contribution in [0, 0.1) is 12.7 Å². The van der Waals surface area contributed by atoms with Crippen LogP contribution in [0.5, 0.6) is 0 Å². The summed E-state index contributed by atoms with van der Waals surface area (Å²) in [6.07, 6.45) is 4.64. The highest BCUT2D eigenvalue weighted by Crippen LogP contribution is 2.23. The van der Waals surface area contributed by atoms with Crippen molar-refractivity contribution < 1.29 is 4.39 Å². The van der Waals surface area contributed by atoms with Gasteiger partial charge in [0.15, 0.2) is 0 Å². The molecule has 0 bridgehead atoms. The Labute approximate surface area is 96.0 Å². The van der Waals surface area contributed by atoms with Gasteiger partial charge in [-0.15, -0.1) is 0 Å². The second kappa shape index (κ2) is 4.83. The van der Waals surface area contributed by atoms with Crippen molar-refractivity contribution in [2.45, 2.75) is 44.7 Å². The van der Waals surface area contributed by atoms with E-state index >= 15 is 0 Å². The molecule has 0 spiro atoms. The minimum absolute atomic E-state index is 0.184. The normalized spacial score (nSPS) is 25.4. The molecule has 0 heterocycles. The van der Waals surface area contributed by atoms with E-state index in [0.717, 1.165) is 24.1 Å². The standard InChI is InChI=1S/C13H19FN2/c1-9-8-10(14)6-7-12(9)16-13-5-3-2-4-11(13)15/h6-8,11,13,16H,2-5,15H2,1H3/t11-,13+/m0/s1. The summed E-state index contributed by atoms with van der Waals surface area (Å²) >= 11 is 0. The van der Waals surface area contributed by atoms with Crippen molar-refractivity contribution in [3.8, 4) is 0 Å². The maximum Gasteiger partial charge on any atom is 0.123 e. The molecule has 2 rings (SSSR count). The molecule has 0 aromatic heterocycles. The minimum atomic E-state index is -0.184. The topological polar surface area (TPSA) is 38.0 Å². The van der Waals surface area contributed by atoms with Crippen LogP contribution in [0.3, 0.4) is 0 Å². The van der Waals surface area contributed by atoms with E-state index < -0.39 is 0 Å². The number of anilines is 1. The lowest BCUT2D eigenvalue weighted by atomic mass is 9.90. The smallest absolute Gasteiger partial charge is 0.123 e. The van der Waals surface area contributed by atoms with E-state index in [1.165, 1.54) is 18.9 Å². The molecule has 88 valence electrons. The lowest BCUT2D eigenvalue weighted by Crippen LogP contribution is -2.42. The van der Waals surface area contributed by atoms with Crippen molar-refractivity contribution in [1.29, 1.82) is 0 Å². The highest BCUT2D eigenvalue weighted by Gasteiger charge is 2.21. The van der Waals surface area contributed by atoms with Crippen LogP contribution in [0.4, 0.5) is 10.1 Å². The number of rotatable bonds is 2. The van der Waals surface area contributed by atoms with E-state index in [2.05, 4.69) is 5.32 Å². The zero-order valence-electron chi connectivity index (χ0n) is 9.67. The molecule has 16 heavy (non-hydrogen) atoms. The van der Waals surface area contributed by atoms with Gasteiger partial charge >= 0.3 is 0 Å². The van der Waals surface area contributed by atoms with Crippen LogP contribution in [-0.4, -0.2) is 12.1 Å². The molecule has 0 unspecified atom stereocenters. The molecule has 1 aromatic carbocycles. The van der Waals surface area contributed by atoms with Crippen LogP contribution in [0.15, 0.2) is 18.2 Å². The van der Waals surface area contributed by atoms with Crippen molar-refractivity contribution in [2.75, 3.05) is 5.32 Å². The van der Waals surface area contributed by atoms with Crippen LogP contribution in [0.25, 0.3) is 0 Å². The van der Waals surface area contributed by atoms with Crippen LogP contribution < -0.4 is 11.1 Å². The number of benzene rings is 1. The molecule has 2 nitrogen and oxygen atoms in total.